The molecule has 0 aliphatic heterocycles. The summed E-state index contributed by atoms with van der Waals surface area (Å²) >= 11 is 0. The van der Waals surface area contributed by atoms with E-state index in [0.29, 0.717) is 23.5 Å². The monoisotopic (exact) mass is 431 g/mol. The third-order valence-electron chi connectivity index (χ3n) is 4.90. The van der Waals surface area contributed by atoms with Gasteiger partial charge in [0.15, 0.2) is 0 Å². The molecule has 0 radical (unpaired) electrons. The third-order valence-corrected chi connectivity index (χ3v) is 4.90. The van der Waals surface area contributed by atoms with Gasteiger partial charge in [0.05, 0.1) is 12.6 Å². The zero-order valence-corrected chi connectivity index (χ0v) is 18.4. The molecule has 0 spiro atoms. The fourth-order valence-corrected chi connectivity index (χ4v) is 3.00. The third kappa shape index (κ3) is 7.16. The van der Waals surface area contributed by atoms with Crippen LogP contribution in [-0.4, -0.2) is 24.5 Å². The van der Waals surface area contributed by atoms with Crippen LogP contribution in [-0.2, 0) is 11.3 Å². The van der Waals surface area contributed by atoms with Crippen LogP contribution in [0, 0.1) is 0 Å². The van der Waals surface area contributed by atoms with Crippen molar-refractivity contribution in [1.29, 1.82) is 0 Å². The quantitative estimate of drug-likeness (QED) is 0.429. The molecule has 0 heterocycles. The van der Waals surface area contributed by atoms with E-state index in [4.69, 9.17) is 4.74 Å². The van der Waals surface area contributed by atoms with Crippen LogP contribution in [0.15, 0.2) is 78.9 Å². The molecule has 166 valence electrons. The molecule has 32 heavy (non-hydrogen) atoms. The Morgan fingerprint density at radius 1 is 0.906 bits per heavy atom. The van der Waals surface area contributed by atoms with Gasteiger partial charge in [-0.3, -0.25) is 9.59 Å². The zero-order valence-electron chi connectivity index (χ0n) is 18.4. The Morgan fingerprint density at radius 3 is 2.44 bits per heavy atom. The Hall–Kier alpha value is -3.80. The second kappa shape index (κ2) is 11.6. The van der Waals surface area contributed by atoms with E-state index >= 15 is 0 Å². The van der Waals surface area contributed by atoms with Gasteiger partial charge in [0.2, 0.25) is 5.91 Å². The minimum atomic E-state index is -0.190. The van der Waals surface area contributed by atoms with Crippen LogP contribution >= 0.6 is 0 Å². The fourth-order valence-electron chi connectivity index (χ4n) is 3.00. The number of hydrogen-bond acceptors (Lipinski definition) is 4. The molecule has 0 aliphatic carbocycles. The summed E-state index contributed by atoms with van der Waals surface area (Å²) in [5, 5.41) is 8.83. The van der Waals surface area contributed by atoms with Gasteiger partial charge < -0.3 is 20.7 Å². The van der Waals surface area contributed by atoms with E-state index in [1.807, 2.05) is 67.6 Å². The first-order valence-electron chi connectivity index (χ1n) is 10.8. The van der Waals surface area contributed by atoms with Gasteiger partial charge in [-0.25, -0.2) is 0 Å². The highest BCUT2D eigenvalue weighted by Gasteiger charge is 2.08. The molecule has 6 nitrogen and oxygen atoms in total. The van der Waals surface area contributed by atoms with Gasteiger partial charge in [-0.05, 0) is 49.2 Å². The number of carbonyl (C=O) groups excluding carboxylic acids is 2. The molecule has 0 saturated heterocycles. The molecule has 1 unspecified atom stereocenters. The number of rotatable bonds is 10. The molecule has 0 saturated carbocycles. The number of benzene rings is 3. The summed E-state index contributed by atoms with van der Waals surface area (Å²) in [6, 6.07) is 24.2. The normalized spacial score (nSPS) is 11.3. The van der Waals surface area contributed by atoms with Crippen LogP contribution in [0.4, 0.5) is 11.4 Å². The summed E-state index contributed by atoms with van der Waals surface area (Å²) in [6.07, 6.45) is 1.02. The van der Waals surface area contributed by atoms with Gasteiger partial charge in [0.1, 0.15) is 5.75 Å². The first kappa shape index (κ1) is 22.9. The second-order valence-corrected chi connectivity index (χ2v) is 7.52. The number of carbonyl (C=O) groups is 2. The van der Waals surface area contributed by atoms with Gasteiger partial charge in [-0.1, -0.05) is 49.4 Å². The maximum absolute atomic E-state index is 12.4. The first-order valence-corrected chi connectivity index (χ1v) is 10.8. The number of anilines is 2. The van der Waals surface area contributed by atoms with Crippen LogP contribution in [0.5, 0.6) is 5.75 Å². The van der Waals surface area contributed by atoms with Crippen LogP contribution in [0.1, 0.15) is 36.2 Å². The van der Waals surface area contributed by atoms with E-state index in [1.165, 1.54) is 0 Å². The van der Waals surface area contributed by atoms with Crippen molar-refractivity contribution < 1.29 is 14.3 Å². The lowest BCUT2D eigenvalue weighted by molar-refractivity contribution is -0.114. The predicted octanol–water partition coefficient (Wildman–Crippen LogP) is 4.84. The maximum Gasteiger partial charge on any atom is 0.251 e. The maximum atomic E-state index is 12.4. The molecule has 2 amide bonds. The number of amides is 2. The lowest BCUT2D eigenvalue weighted by atomic mass is 10.1. The average molecular weight is 432 g/mol. The van der Waals surface area contributed by atoms with Crippen molar-refractivity contribution in [1.82, 2.24) is 5.32 Å². The highest BCUT2D eigenvalue weighted by Crippen LogP contribution is 2.19. The van der Waals surface area contributed by atoms with Crippen molar-refractivity contribution in [2.75, 3.05) is 17.2 Å². The minimum Gasteiger partial charge on any atom is -0.491 e. The van der Waals surface area contributed by atoms with Crippen molar-refractivity contribution in [3.05, 3.63) is 90.0 Å². The SMILES string of the molecule is CCC(C)Oc1cccc(NC(=O)CNc2cccc(C(=O)NCc3ccccc3)c2)c1. The molecular weight excluding hydrogens is 402 g/mol. The summed E-state index contributed by atoms with van der Waals surface area (Å²) in [7, 11) is 0. The summed E-state index contributed by atoms with van der Waals surface area (Å²) in [5.74, 6) is 0.365. The number of ether oxygens (including phenoxy) is 1. The predicted molar refractivity (Wildman–Crippen MR) is 128 cm³/mol. The van der Waals surface area contributed by atoms with E-state index in [9.17, 15) is 9.59 Å². The highest BCUT2D eigenvalue weighted by atomic mass is 16.5. The van der Waals surface area contributed by atoms with E-state index < -0.39 is 0 Å². The molecule has 3 aromatic rings. The molecule has 3 N–H and O–H groups in total. The topological polar surface area (TPSA) is 79.5 Å². The summed E-state index contributed by atoms with van der Waals surface area (Å²) in [4.78, 5) is 24.8. The first-order chi connectivity index (χ1) is 15.5. The van der Waals surface area contributed by atoms with Crippen molar-refractivity contribution in [2.24, 2.45) is 0 Å². The Morgan fingerprint density at radius 2 is 1.66 bits per heavy atom. The molecule has 1 atom stereocenters. The smallest absolute Gasteiger partial charge is 0.251 e. The Kier molecular flexibility index (Phi) is 8.26. The molecule has 6 heteroatoms. The Bertz CT molecular complexity index is 1040. The molecule has 0 bridgehead atoms. The van der Waals surface area contributed by atoms with Crippen molar-refractivity contribution in [3.63, 3.8) is 0 Å². The van der Waals surface area contributed by atoms with Gasteiger partial charge in [-0.2, -0.15) is 0 Å². The van der Waals surface area contributed by atoms with Gasteiger partial charge in [0, 0.05) is 29.5 Å². The summed E-state index contributed by atoms with van der Waals surface area (Å²) < 4.78 is 5.79. The lowest BCUT2D eigenvalue weighted by Crippen LogP contribution is -2.24. The van der Waals surface area contributed by atoms with E-state index in [0.717, 1.165) is 17.7 Å². The van der Waals surface area contributed by atoms with Gasteiger partial charge >= 0.3 is 0 Å². The second-order valence-electron chi connectivity index (χ2n) is 7.52. The largest absolute Gasteiger partial charge is 0.491 e. The number of hydrogen-bond donors (Lipinski definition) is 3. The molecule has 0 fully saturated rings. The molecule has 0 aromatic heterocycles. The van der Waals surface area contributed by atoms with E-state index in [2.05, 4.69) is 22.9 Å². The number of nitrogens with one attached hydrogen (secondary N) is 3. The van der Waals surface area contributed by atoms with Crippen molar-refractivity contribution >= 4 is 23.2 Å². The Balaban J connectivity index is 1.51. The van der Waals surface area contributed by atoms with E-state index in [-0.39, 0.29) is 24.5 Å². The van der Waals surface area contributed by atoms with Crippen molar-refractivity contribution in [2.45, 2.75) is 32.9 Å². The highest BCUT2D eigenvalue weighted by molar-refractivity contribution is 5.96. The Labute approximate surface area is 189 Å². The minimum absolute atomic E-state index is 0.0749. The van der Waals surface area contributed by atoms with Crippen LogP contribution in [0.3, 0.4) is 0 Å². The van der Waals surface area contributed by atoms with Gasteiger partial charge in [-0.15, -0.1) is 0 Å². The molecule has 3 rings (SSSR count). The summed E-state index contributed by atoms with van der Waals surface area (Å²) in [6.45, 7) is 4.60. The van der Waals surface area contributed by atoms with Crippen LogP contribution in [0.25, 0.3) is 0 Å². The van der Waals surface area contributed by atoms with Crippen molar-refractivity contribution in [3.8, 4) is 5.75 Å². The van der Waals surface area contributed by atoms with Crippen LogP contribution in [0.2, 0.25) is 0 Å². The van der Waals surface area contributed by atoms with E-state index in [1.54, 1.807) is 18.2 Å². The zero-order chi connectivity index (χ0) is 22.8. The average Bonchev–Trinajstić information content (AvgIpc) is 2.82. The van der Waals surface area contributed by atoms with Gasteiger partial charge in [0.25, 0.3) is 5.91 Å². The standard InChI is InChI=1S/C26H29N3O3/c1-3-19(2)32-24-14-8-13-23(16-24)29-25(30)18-27-22-12-7-11-21(15-22)26(31)28-17-20-9-5-4-6-10-20/h4-16,19,27H,3,17-18H2,1-2H3,(H,28,31)(H,29,30). The fraction of sp³-hybridized carbons (Fsp3) is 0.231. The molecule has 0 aliphatic rings. The lowest BCUT2D eigenvalue weighted by Gasteiger charge is -2.14. The molecular formula is C26H29N3O3. The molecule has 3 aromatic carbocycles. The summed E-state index contributed by atoms with van der Waals surface area (Å²) in [5.41, 5.74) is 2.93. The van der Waals surface area contributed by atoms with Crippen LogP contribution < -0.4 is 20.7 Å².